The van der Waals surface area contributed by atoms with Crippen molar-refractivity contribution in [3.8, 4) is 0 Å². The highest BCUT2D eigenvalue weighted by molar-refractivity contribution is 5.97. The highest BCUT2D eigenvalue weighted by Crippen LogP contribution is 2.42. The molecule has 0 bridgehead atoms. The third-order valence-corrected chi connectivity index (χ3v) is 7.07. The van der Waals surface area contributed by atoms with Crippen LogP contribution in [-0.2, 0) is 16.0 Å². The second-order valence-corrected chi connectivity index (χ2v) is 9.24. The van der Waals surface area contributed by atoms with E-state index in [1.807, 2.05) is 30.3 Å². The number of aromatic nitrogens is 1. The molecule has 8 nitrogen and oxygen atoms in total. The fraction of sp³-hybridized carbons (Fsp3) is 0.385. The van der Waals surface area contributed by atoms with E-state index in [2.05, 4.69) is 11.9 Å². The van der Waals surface area contributed by atoms with Crippen molar-refractivity contribution in [3.05, 3.63) is 70.6 Å². The Labute approximate surface area is 198 Å². The first-order valence-corrected chi connectivity index (χ1v) is 12.0. The van der Waals surface area contributed by atoms with Gasteiger partial charge < -0.3 is 20.0 Å². The van der Waals surface area contributed by atoms with E-state index >= 15 is 0 Å². The summed E-state index contributed by atoms with van der Waals surface area (Å²) in [7, 11) is 0. The normalized spacial score (nSPS) is 21.0. The fourth-order valence-corrected chi connectivity index (χ4v) is 5.43. The van der Waals surface area contributed by atoms with E-state index < -0.39 is 17.3 Å². The highest BCUT2D eigenvalue weighted by Gasteiger charge is 2.48. The number of carbonyl (C=O) groups excluding carboxylic acids is 2. The molecule has 0 aliphatic carbocycles. The van der Waals surface area contributed by atoms with E-state index in [0.29, 0.717) is 18.5 Å². The Morgan fingerprint density at radius 1 is 1.12 bits per heavy atom. The van der Waals surface area contributed by atoms with Crippen molar-refractivity contribution >= 4 is 28.4 Å². The van der Waals surface area contributed by atoms with E-state index in [1.165, 1.54) is 0 Å². The van der Waals surface area contributed by atoms with Gasteiger partial charge in [-0.3, -0.25) is 9.59 Å². The Hall–Kier alpha value is -3.20. The summed E-state index contributed by atoms with van der Waals surface area (Å²) in [6.45, 7) is 2.80. The van der Waals surface area contributed by atoms with Gasteiger partial charge in [0.15, 0.2) is 5.69 Å². The van der Waals surface area contributed by atoms with Crippen molar-refractivity contribution in [1.29, 1.82) is 0 Å². The molecule has 3 unspecified atom stereocenters. The maximum Gasteiger partial charge on any atom is 0.246 e. The van der Waals surface area contributed by atoms with Gasteiger partial charge in [-0.15, -0.1) is 0 Å². The monoisotopic (exact) mass is 462 g/mol. The van der Waals surface area contributed by atoms with Crippen molar-refractivity contribution < 1.29 is 20.0 Å². The molecule has 3 atom stereocenters. The first-order valence-electron chi connectivity index (χ1n) is 12.0. The van der Waals surface area contributed by atoms with Crippen LogP contribution in [0.3, 0.4) is 0 Å². The molecule has 1 saturated heterocycles. The largest absolute Gasteiger partial charge is 0.595 e. The lowest BCUT2D eigenvalue weighted by Crippen LogP contribution is -2.99. The van der Waals surface area contributed by atoms with E-state index in [4.69, 9.17) is 0 Å². The summed E-state index contributed by atoms with van der Waals surface area (Å²) in [6, 6.07) is 13.5. The van der Waals surface area contributed by atoms with Gasteiger partial charge in [-0.2, -0.15) is 5.23 Å². The number of carbonyl (C=O) groups is 2. The molecule has 34 heavy (non-hydrogen) atoms. The second kappa shape index (κ2) is 9.21. The maximum absolute atomic E-state index is 13.6. The minimum atomic E-state index is -1.02. The number of rotatable bonds is 7. The number of piperazine rings is 1. The molecule has 1 aromatic heterocycles. The SMILES string of the molecule is CCCCCCN1CC(=O)N2C(Cc3c([nH]c4ccccc34)C2c2cccc([NH+]([O-])O)c2)C1=O. The molecule has 0 spiro atoms. The van der Waals surface area contributed by atoms with Crippen LogP contribution in [-0.4, -0.2) is 50.9 Å². The van der Waals surface area contributed by atoms with Gasteiger partial charge in [-0.1, -0.05) is 56.5 Å². The Balaban J connectivity index is 1.58. The molecule has 5 rings (SSSR count). The number of unbranched alkanes of at least 4 members (excludes halogenated alkanes) is 3. The molecule has 178 valence electrons. The highest BCUT2D eigenvalue weighted by atomic mass is 16.8. The summed E-state index contributed by atoms with van der Waals surface area (Å²) < 4.78 is 0. The van der Waals surface area contributed by atoms with Gasteiger partial charge in [0.25, 0.3) is 0 Å². The molecule has 2 aliphatic rings. The number of quaternary nitrogens is 1. The van der Waals surface area contributed by atoms with Crippen LogP contribution in [0.5, 0.6) is 0 Å². The summed E-state index contributed by atoms with van der Waals surface area (Å²) in [4.78, 5) is 34.0. The zero-order chi connectivity index (χ0) is 23.8. The third-order valence-electron chi connectivity index (χ3n) is 7.07. The molecular weight excluding hydrogens is 432 g/mol. The molecule has 3 aromatic rings. The van der Waals surface area contributed by atoms with Gasteiger partial charge in [0.2, 0.25) is 11.8 Å². The van der Waals surface area contributed by atoms with E-state index in [9.17, 15) is 20.0 Å². The first-order chi connectivity index (χ1) is 16.5. The number of H-pyrrole nitrogens is 1. The van der Waals surface area contributed by atoms with Crippen LogP contribution < -0.4 is 5.23 Å². The molecule has 3 heterocycles. The number of hydrogen-bond acceptors (Lipinski definition) is 4. The molecule has 8 heteroatoms. The number of para-hydroxylation sites is 1. The fourth-order valence-electron chi connectivity index (χ4n) is 5.43. The summed E-state index contributed by atoms with van der Waals surface area (Å²) in [5, 5.41) is 21.2. The van der Waals surface area contributed by atoms with Gasteiger partial charge in [0.05, 0.1) is 12.6 Å². The van der Waals surface area contributed by atoms with Crippen molar-refractivity contribution in [2.45, 2.75) is 51.1 Å². The Morgan fingerprint density at radius 3 is 2.74 bits per heavy atom. The molecular formula is C26H30N4O4. The third kappa shape index (κ3) is 3.87. The number of benzene rings is 2. The van der Waals surface area contributed by atoms with Gasteiger partial charge in [0.1, 0.15) is 6.04 Å². The van der Waals surface area contributed by atoms with Gasteiger partial charge in [-0.05, 0) is 23.6 Å². The number of amides is 2. The van der Waals surface area contributed by atoms with Gasteiger partial charge in [-0.25, -0.2) is 5.21 Å². The van der Waals surface area contributed by atoms with Crippen LogP contribution in [0, 0.1) is 5.21 Å². The molecule has 2 aromatic carbocycles. The lowest BCUT2D eigenvalue weighted by Gasteiger charge is -2.47. The van der Waals surface area contributed by atoms with Crippen LogP contribution in [0.2, 0.25) is 0 Å². The summed E-state index contributed by atoms with van der Waals surface area (Å²) >= 11 is 0. The molecule has 0 saturated carbocycles. The number of fused-ring (bicyclic) bond motifs is 4. The Bertz CT molecular complexity index is 1220. The van der Waals surface area contributed by atoms with Gasteiger partial charge >= 0.3 is 0 Å². The minimum absolute atomic E-state index is 0.0218. The van der Waals surface area contributed by atoms with Crippen LogP contribution in [0.15, 0.2) is 48.5 Å². The smallest absolute Gasteiger partial charge is 0.246 e. The van der Waals surface area contributed by atoms with Crippen LogP contribution >= 0.6 is 0 Å². The topological polar surface area (TPSA) is 104 Å². The predicted molar refractivity (Wildman–Crippen MR) is 127 cm³/mol. The summed E-state index contributed by atoms with van der Waals surface area (Å²) in [5.41, 5.74) is 3.68. The van der Waals surface area contributed by atoms with Crippen molar-refractivity contribution in [1.82, 2.24) is 14.8 Å². The van der Waals surface area contributed by atoms with Crippen molar-refractivity contribution in [3.63, 3.8) is 0 Å². The van der Waals surface area contributed by atoms with Gasteiger partial charge in [0, 0.05) is 41.7 Å². The average molecular weight is 463 g/mol. The van der Waals surface area contributed by atoms with Crippen LogP contribution in [0.25, 0.3) is 10.9 Å². The quantitative estimate of drug-likeness (QED) is 0.371. The minimum Gasteiger partial charge on any atom is -0.595 e. The first kappa shape index (κ1) is 22.6. The molecule has 2 amide bonds. The second-order valence-electron chi connectivity index (χ2n) is 9.24. The Kier molecular flexibility index (Phi) is 6.12. The van der Waals surface area contributed by atoms with Crippen molar-refractivity contribution in [2.75, 3.05) is 13.1 Å². The van der Waals surface area contributed by atoms with E-state index in [-0.39, 0.29) is 24.0 Å². The van der Waals surface area contributed by atoms with Crippen molar-refractivity contribution in [2.24, 2.45) is 0 Å². The zero-order valence-electron chi connectivity index (χ0n) is 19.3. The van der Waals surface area contributed by atoms with Crippen LogP contribution in [0.1, 0.15) is 55.5 Å². The number of nitrogens with zero attached hydrogens (tertiary/aromatic N) is 2. The number of hydrogen-bond donors (Lipinski definition) is 3. The average Bonchev–Trinajstić information content (AvgIpc) is 3.22. The lowest BCUT2D eigenvalue weighted by atomic mass is 9.86. The van der Waals surface area contributed by atoms with E-state index in [0.717, 1.165) is 47.8 Å². The maximum atomic E-state index is 13.6. The predicted octanol–water partition coefficient (Wildman–Crippen LogP) is 2.84. The molecule has 1 fully saturated rings. The Morgan fingerprint density at radius 2 is 1.94 bits per heavy atom. The van der Waals surface area contributed by atoms with E-state index in [1.54, 1.807) is 28.0 Å². The summed E-state index contributed by atoms with van der Waals surface area (Å²) in [6.07, 6.45) is 4.61. The number of aromatic amines is 1. The summed E-state index contributed by atoms with van der Waals surface area (Å²) in [5.74, 6) is -0.124. The molecule has 0 radical (unpaired) electrons. The van der Waals surface area contributed by atoms with Crippen LogP contribution in [0.4, 0.5) is 5.69 Å². The molecule has 3 N–H and O–H groups in total. The standard InChI is InChI=1S/C26H30N4O4/c1-2-3-4-7-13-28-16-23(31)29-22(26(28)32)15-20-19-11-5-6-12-21(19)27-24(20)25(29)17-9-8-10-18(14-17)30(33)34/h5-6,8-12,14,22,25,27,30,33H,2-4,7,13,15-16H2,1H3. The molecule has 2 aliphatic heterocycles. The zero-order valence-corrected chi connectivity index (χ0v) is 19.3. The number of nitrogens with one attached hydrogen (secondary N) is 2. The lowest BCUT2D eigenvalue weighted by molar-refractivity contribution is -0.991.